The maximum absolute atomic E-state index is 13.7. The molecule has 0 saturated heterocycles. The Bertz CT molecular complexity index is 1270. The Morgan fingerprint density at radius 1 is 1.19 bits per heavy atom. The van der Waals surface area contributed by atoms with E-state index in [1.54, 1.807) is 20.2 Å². The van der Waals surface area contributed by atoms with Crippen molar-refractivity contribution < 1.29 is 39.6 Å². The van der Waals surface area contributed by atoms with Gasteiger partial charge in [-0.05, 0) is 44.5 Å². The molecule has 0 heterocycles. The fraction of sp³-hybridized carbons (Fsp3) is 0.417. The van der Waals surface area contributed by atoms with Gasteiger partial charge in [0.15, 0.2) is 11.4 Å². The molecule has 0 radical (unpaired) electrons. The number of hydrogen-bond acceptors (Lipinski definition) is 10. The monoisotopic (exact) mass is 500 g/mol. The van der Waals surface area contributed by atoms with Crippen molar-refractivity contribution >= 4 is 34.8 Å². The number of rotatable bonds is 5. The maximum atomic E-state index is 13.7. The molecule has 4 rings (SSSR count). The first-order valence-corrected chi connectivity index (χ1v) is 11.3. The third kappa shape index (κ3) is 3.44. The van der Waals surface area contributed by atoms with Gasteiger partial charge < -0.3 is 36.8 Å². The van der Waals surface area contributed by atoms with Gasteiger partial charge in [-0.15, -0.1) is 0 Å². The summed E-state index contributed by atoms with van der Waals surface area (Å²) < 4.78 is 0. The van der Waals surface area contributed by atoms with Gasteiger partial charge in [0.25, 0.3) is 5.91 Å². The van der Waals surface area contributed by atoms with Crippen molar-refractivity contribution in [2.75, 3.05) is 33.0 Å². The van der Waals surface area contributed by atoms with E-state index >= 15 is 0 Å². The molecule has 8 N–H and O–H groups in total. The molecule has 36 heavy (non-hydrogen) atoms. The van der Waals surface area contributed by atoms with E-state index in [0.29, 0.717) is 5.56 Å². The van der Waals surface area contributed by atoms with E-state index in [2.05, 4.69) is 10.6 Å². The minimum absolute atomic E-state index is 0.0171. The summed E-state index contributed by atoms with van der Waals surface area (Å²) in [7, 11) is 4.53. The lowest BCUT2D eigenvalue weighted by molar-refractivity contribution is -0.153. The molecule has 3 aliphatic carbocycles. The molecule has 192 valence electrons. The molecule has 0 bridgehead atoms. The molecule has 12 nitrogen and oxygen atoms in total. The third-order valence-corrected chi connectivity index (χ3v) is 7.31. The number of primary amides is 1. The Kier molecular flexibility index (Phi) is 6.05. The second kappa shape index (κ2) is 8.64. The lowest BCUT2D eigenvalue weighted by Gasteiger charge is -2.50. The van der Waals surface area contributed by atoms with Crippen LogP contribution in [-0.4, -0.2) is 88.0 Å². The number of fused-ring (bicyclic) bond motifs is 3. The van der Waals surface area contributed by atoms with Crippen molar-refractivity contribution in [2.24, 2.45) is 17.6 Å². The smallest absolute Gasteiger partial charge is 0.255 e. The normalized spacial score (nSPS) is 27.4. The van der Waals surface area contributed by atoms with Crippen molar-refractivity contribution in [1.82, 2.24) is 10.2 Å². The number of nitrogens with zero attached hydrogens (tertiary/aromatic N) is 1. The number of carbonyl (C=O) groups is 4. The molecule has 0 aliphatic heterocycles. The van der Waals surface area contributed by atoms with Crippen LogP contribution in [0.3, 0.4) is 0 Å². The van der Waals surface area contributed by atoms with Crippen LogP contribution in [0.2, 0.25) is 0 Å². The van der Waals surface area contributed by atoms with Crippen LogP contribution in [-0.2, 0) is 25.6 Å². The molecule has 0 spiro atoms. The molecule has 1 aromatic carbocycles. The number of nitrogens with one attached hydrogen (secondary N) is 2. The van der Waals surface area contributed by atoms with E-state index < -0.39 is 63.8 Å². The topological polar surface area (TPSA) is 203 Å². The summed E-state index contributed by atoms with van der Waals surface area (Å²) in [6.07, 6.45) is 0.209. The number of anilines is 1. The zero-order chi connectivity index (χ0) is 26.7. The molecule has 2 amide bonds. The van der Waals surface area contributed by atoms with Crippen LogP contribution in [0.4, 0.5) is 5.69 Å². The zero-order valence-electron chi connectivity index (χ0n) is 20.0. The first-order valence-electron chi connectivity index (χ1n) is 11.3. The Balaban J connectivity index is 1.87. The van der Waals surface area contributed by atoms with E-state index in [4.69, 9.17) is 5.73 Å². The van der Waals surface area contributed by atoms with Crippen LogP contribution in [0.5, 0.6) is 5.75 Å². The standard InChI is InChI=1S/C24H28N4O8/c1-26-13(29)8-27-12-5-4-9-6-10-7-11-17(28(2)3)20(32)16(23(25)35)22(34)24(11,36)21(33)15(10)19(31)14(9)18(12)30/h4-5,10-11,17,27,30-31,34,36H,6-8H2,1-3H3,(H2,25,35)(H,26,29)/t10?,11?,17-,24?/m0/s1. The van der Waals surface area contributed by atoms with E-state index in [1.807, 2.05) is 0 Å². The van der Waals surface area contributed by atoms with Gasteiger partial charge in [-0.2, -0.15) is 0 Å². The zero-order valence-corrected chi connectivity index (χ0v) is 20.0. The predicted octanol–water partition coefficient (Wildman–Crippen LogP) is -0.878. The molecule has 1 fully saturated rings. The van der Waals surface area contributed by atoms with Crippen LogP contribution in [0.1, 0.15) is 17.5 Å². The van der Waals surface area contributed by atoms with E-state index in [0.717, 1.165) is 0 Å². The Morgan fingerprint density at radius 3 is 2.44 bits per heavy atom. The summed E-state index contributed by atoms with van der Waals surface area (Å²) in [5, 5.41) is 49.6. The first-order chi connectivity index (χ1) is 16.9. The number of aliphatic hydroxyl groups excluding tert-OH is 2. The largest absolute Gasteiger partial charge is 0.508 e. The van der Waals surface area contributed by atoms with Gasteiger partial charge in [0.05, 0.1) is 23.8 Å². The SMILES string of the molecule is CNC(=O)CNc1ccc2c(c1O)C(O)=C1C(=O)C3(O)C(O)=C(C(N)=O)C(=O)[C@@H](N(C)C)C3CC1C2. The maximum Gasteiger partial charge on any atom is 0.255 e. The fourth-order valence-corrected chi connectivity index (χ4v) is 5.63. The first kappa shape index (κ1) is 25.2. The number of nitrogens with two attached hydrogens (primary N) is 1. The molecule has 1 aromatic rings. The summed E-state index contributed by atoms with van der Waals surface area (Å²) in [6, 6.07) is 2.04. The van der Waals surface area contributed by atoms with Gasteiger partial charge >= 0.3 is 0 Å². The number of amides is 2. The van der Waals surface area contributed by atoms with Gasteiger partial charge in [-0.25, -0.2) is 0 Å². The van der Waals surface area contributed by atoms with Crippen LogP contribution >= 0.6 is 0 Å². The summed E-state index contributed by atoms with van der Waals surface area (Å²) in [5.74, 6) is -7.41. The van der Waals surface area contributed by atoms with Crippen molar-refractivity contribution in [2.45, 2.75) is 24.5 Å². The lowest BCUT2D eigenvalue weighted by Crippen LogP contribution is -2.65. The van der Waals surface area contributed by atoms with Gasteiger partial charge in [-0.1, -0.05) is 6.07 Å². The summed E-state index contributed by atoms with van der Waals surface area (Å²) in [5.41, 5.74) is 2.13. The minimum Gasteiger partial charge on any atom is -0.508 e. The van der Waals surface area contributed by atoms with Crippen molar-refractivity contribution in [3.8, 4) is 5.75 Å². The number of benzene rings is 1. The number of phenolic OH excluding ortho intramolecular Hbond substituents is 1. The second-order valence-corrected chi connectivity index (χ2v) is 9.48. The molecule has 12 heteroatoms. The minimum atomic E-state index is -2.69. The van der Waals surface area contributed by atoms with Gasteiger partial charge in [-0.3, -0.25) is 24.1 Å². The summed E-state index contributed by atoms with van der Waals surface area (Å²) >= 11 is 0. The highest BCUT2D eigenvalue weighted by Gasteiger charge is 2.64. The average Bonchev–Trinajstić information content (AvgIpc) is 2.80. The molecule has 1 saturated carbocycles. The fourth-order valence-electron chi connectivity index (χ4n) is 5.63. The van der Waals surface area contributed by atoms with Crippen LogP contribution in [0.25, 0.3) is 5.76 Å². The third-order valence-electron chi connectivity index (χ3n) is 7.31. The van der Waals surface area contributed by atoms with E-state index in [-0.39, 0.29) is 42.1 Å². The summed E-state index contributed by atoms with van der Waals surface area (Å²) in [4.78, 5) is 51.8. The molecule has 0 aromatic heterocycles. The van der Waals surface area contributed by atoms with Crippen LogP contribution in [0.15, 0.2) is 29.0 Å². The molecule has 3 aliphatic rings. The lowest BCUT2D eigenvalue weighted by atomic mass is 9.57. The number of aliphatic hydroxyl groups is 3. The Morgan fingerprint density at radius 2 is 1.86 bits per heavy atom. The molecular formula is C24H28N4O8. The van der Waals surface area contributed by atoms with Gasteiger partial charge in [0, 0.05) is 18.5 Å². The average molecular weight is 501 g/mol. The number of carbonyl (C=O) groups excluding carboxylic acids is 4. The number of phenols is 1. The number of ketones is 2. The quantitative estimate of drug-likeness (QED) is 0.197. The number of likely N-dealkylation sites (N-methyl/N-ethyl adjacent to an activating group) is 2. The Labute approximate surface area is 206 Å². The second-order valence-electron chi connectivity index (χ2n) is 9.48. The highest BCUT2D eigenvalue weighted by molar-refractivity contribution is 6.24. The van der Waals surface area contributed by atoms with Gasteiger partial charge in [0.2, 0.25) is 11.7 Å². The predicted molar refractivity (Wildman–Crippen MR) is 127 cm³/mol. The highest BCUT2D eigenvalue weighted by atomic mass is 16.3. The molecule has 3 unspecified atom stereocenters. The number of Topliss-reactive ketones (excluding diaryl/α,β-unsaturated/α-hetero) is 2. The van der Waals surface area contributed by atoms with Crippen molar-refractivity contribution in [3.05, 3.63) is 40.2 Å². The van der Waals surface area contributed by atoms with E-state index in [9.17, 15) is 39.6 Å². The highest BCUT2D eigenvalue weighted by Crippen LogP contribution is 2.53. The van der Waals surface area contributed by atoms with Crippen LogP contribution in [0, 0.1) is 11.8 Å². The van der Waals surface area contributed by atoms with Crippen molar-refractivity contribution in [3.63, 3.8) is 0 Å². The molecule has 4 atom stereocenters. The van der Waals surface area contributed by atoms with Crippen LogP contribution < -0.4 is 16.4 Å². The number of hydrogen-bond donors (Lipinski definition) is 7. The van der Waals surface area contributed by atoms with Crippen molar-refractivity contribution in [1.29, 1.82) is 0 Å². The van der Waals surface area contributed by atoms with Gasteiger partial charge in [0.1, 0.15) is 22.8 Å². The summed E-state index contributed by atoms with van der Waals surface area (Å²) in [6.45, 7) is -0.155. The Hall–Kier alpha value is -3.90. The number of aromatic hydroxyl groups is 1. The molecular weight excluding hydrogens is 472 g/mol. The van der Waals surface area contributed by atoms with E-state index in [1.165, 1.54) is 18.0 Å².